The molecule has 0 aliphatic heterocycles. The minimum Gasteiger partial charge on any atom is -0.396 e. The van der Waals surface area contributed by atoms with E-state index in [0.717, 1.165) is 25.2 Å². The van der Waals surface area contributed by atoms with Crippen molar-refractivity contribution in [3.05, 3.63) is 0 Å². The zero-order valence-electron chi connectivity index (χ0n) is 13.8. The van der Waals surface area contributed by atoms with Gasteiger partial charge in [-0.25, -0.2) is 0 Å². The molecule has 0 aliphatic rings. The van der Waals surface area contributed by atoms with Gasteiger partial charge in [0.25, 0.3) is 0 Å². The van der Waals surface area contributed by atoms with E-state index >= 15 is 0 Å². The van der Waals surface area contributed by atoms with E-state index in [4.69, 9.17) is 10.2 Å². The van der Waals surface area contributed by atoms with Crippen molar-refractivity contribution in [3.8, 4) is 0 Å². The predicted octanol–water partition coefficient (Wildman–Crippen LogP) is 4.92. The summed E-state index contributed by atoms with van der Waals surface area (Å²) in [7, 11) is 0. The summed E-state index contributed by atoms with van der Waals surface area (Å²) in [6, 6.07) is 0. The van der Waals surface area contributed by atoms with Crippen molar-refractivity contribution >= 4 is 0 Å². The topological polar surface area (TPSA) is 40.5 Å². The molecule has 2 atom stereocenters. The summed E-state index contributed by atoms with van der Waals surface area (Å²) in [5.74, 6) is 0.808. The Morgan fingerprint density at radius 2 is 1.47 bits per heavy atom. The van der Waals surface area contributed by atoms with Gasteiger partial charge in [-0.05, 0) is 31.6 Å². The second kappa shape index (κ2) is 17.9. The summed E-state index contributed by atoms with van der Waals surface area (Å²) in [6.45, 7) is 9.05. The third-order valence-electron chi connectivity index (χ3n) is 3.50. The van der Waals surface area contributed by atoms with Crippen LogP contribution in [0, 0.1) is 5.92 Å². The van der Waals surface area contributed by atoms with E-state index in [9.17, 15) is 0 Å². The molecule has 0 aromatic rings. The lowest BCUT2D eigenvalue weighted by atomic mass is 10.0. The Morgan fingerprint density at radius 3 is 1.95 bits per heavy atom. The molecule has 0 fully saturated rings. The van der Waals surface area contributed by atoms with E-state index in [1.165, 1.54) is 44.9 Å². The molecule has 0 amide bonds. The van der Waals surface area contributed by atoms with Crippen LogP contribution in [0.1, 0.15) is 91.9 Å². The summed E-state index contributed by atoms with van der Waals surface area (Å²) in [4.78, 5) is 0. The number of aliphatic hydroxyl groups excluding tert-OH is 2. The van der Waals surface area contributed by atoms with Gasteiger partial charge in [-0.1, -0.05) is 66.2 Å². The minimum atomic E-state index is -0.0446. The van der Waals surface area contributed by atoms with Crippen LogP contribution in [0.4, 0.5) is 0 Å². The second-order valence-electron chi connectivity index (χ2n) is 5.67. The molecule has 0 spiro atoms. The molecule has 118 valence electrons. The van der Waals surface area contributed by atoms with Crippen LogP contribution in [-0.2, 0) is 0 Å². The van der Waals surface area contributed by atoms with Gasteiger partial charge in [0.15, 0.2) is 0 Å². The molecule has 19 heavy (non-hydrogen) atoms. The maximum atomic E-state index is 9.16. The van der Waals surface area contributed by atoms with Crippen molar-refractivity contribution in [1.29, 1.82) is 0 Å². The molecule has 2 heteroatoms. The molecule has 0 aliphatic carbocycles. The molecular formula is C17H38O2. The molecule has 0 saturated heterocycles. The Labute approximate surface area is 121 Å². The van der Waals surface area contributed by atoms with Crippen LogP contribution in [-0.4, -0.2) is 22.9 Å². The standard InChI is InChI=1S/C9H20O.C8H18O/c1-3-5-6-7-8-9(10)4-2;1-3-5-8(2)6-4-7-9/h9-10H,3-8H2,1-2H3;8-9H,3-7H2,1-2H3. The molecular weight excluding hydrogens is 236 g/mol. The number of aliphatic hydroxyl groups is 2. The van der Waals surface area contributed by atoms with Crippen LogP contribution in [0.15, 0.2) is 0 Å². The molecule has 0 aromatic heterocycles. The van der Waals surface area contributed by atoms with E-state index in [1.54, 1.807) is 0 Å². The SMILES string of the molecule is CCCC(C)CCCO.CCCCCCC(O)CC. The van der Waals surface area contributed by atoms with Crippen molar-refractivity contribution < 1.29 is 10.2 Å². The minimum absolute atomic E-state index is 0.0446. The first-order valence-corrected chi connectivity index (χ1v) is 8.41. The highest BCUT2D eigenvalue weighted by atomic mass is 16.3. The number of rotatable bonds is 11. The molecule has 0 radical (unpaired) electrons. The van der Waals surface area contributed by atoms with E-state index in [1.807, 2.05) is 6.92 Å². The van der Waals surface area contributed by atoms with Gasteiger partial charge in [0.2, 0.25) is 0 Å². The van der Waals surface area contributed by atoms with Gasteiger partial charge in [-0.15, -0.1) is 0 Å². The average Bonchev–Trinajstić information content (AvgIpc) is 2.42. The quantitative estimate of drug-likeness (QED) is 0.525. The molecule has 2 N–H and O–H groups in total. The van der Waals surface area contributed by atoms with Gasteiger partial charge in [0, 0.05) is 6.61 Å². The van der Waals surface area contributed by atoms with Crippen LogP contribution in [0.2, 0.25) is 0 Å². The summed E-state index contributed by atoms with van der Waals surface area (Å²) < 4.78 is 0. The molecule has 0 rings (SSSR count). The van der Waals surface area contributed by atoms with Crippen molar-refractivity contribution in [2.24, 2.45) is 5.92 Å². The van der Waals surface area contributed by atoms with Crippen LogP contribution >= 0.6 is 0 Å². The van der Waals surface area contributed by atoms with Crippen LogP contribution in [0.5, 0.6) is 0 Å². The normalized spacial score (nSPS) is 13.6. The third kappa shape index (κ3) is 20.4. The summed E-state index contributed by atoms with van der Waals surface area (Å²) in [5, 5.41) is 17.6. The fraction of sp³-hybridized carbons (Fsp3) is 1.00. The number of hydrogen-bond acceptors (Lipinski definition) is 2. The Morgan fingerprint density at radius 1 is 0.789 bits per heavy atom. The third-order valence-corrected chi connectivity index (χ3v) is 3.50. The Balaban J connectivity index is 0. The molecule has 0 bridgehead atoms. The van der Waals surface area contributed by atoms with E-state index < -0.39 is 0 Å². The second-order valence-corrected chi connectivity index (χ2v) is 5.67. The molecule has 2 nitrogen and oxygen atoms in total. The van der Waals surface area contributed by atoms with Crippen molar-refractivity contribution in [2.75, 3.05) is 6.61 Å². The first-order valence-electron chi connectivity index (χ1n) is 8.41. The van der Waals surface area contributed by atoms with Crippen LogP contribution in [0.3, 0.4) is 0 Å². The van der Waals surface area contributed by atoms with Gasteiger partial charge in [-0.3, -0.25) is 0 Å². The first-order chi connectivity index (χ1) is 9.12. The fourth-order valence-electron chi connectivity index (χ4n) is 2.09. The smallest absolute Gasteiger partial charge is 0.0537 e. The van der Waals surface area contributed by atoms with Crippen molar-refractivity contribution in [2.45, 2.75) is 98.0 Å². The zero-order chi connectivity index (χ0) is 14.9. The van der Waals surface area contributed by atoms with Gasteiger partial charge in [-0.2, -0.15) is 0 Å². The molecule has 2 unspecified atom stereocenters. The lowest BCUT2D eigenvalue weighted by Crippen LogP contribution is -2.03. The highest BCUT2D eigenvalue weighted by Crippen LogP contribution is 2.11. The van der Waals surface area contributed by atoms with Gasteiger partial charge in [0.1, 0.15) is 0 Å². The molecule has 0 heterocycles. The van der Waals surface area contributed by atoms with E-state index in [0.29, 0.717) is 6.61 Å². The number of unbranched alkanes of at least 4 members (excludes halogenated alkanes) is 3. The van der Waals surface area contributed by atoms with Gasteiger partial charge >= 0.3 is 0 Å². The fourth-order valence-corrected chi connectivity index (χ4v) is 2.09. The molecule has 0 saturated carbocycles. The van der Waals surface area contributed by atoms with Gasteiger partial charge < -0.3 is 10.2 Å². The highest BCUT2D eigenvalue weighted by Gasteiger charge is 1.98. The zero-order valence-corrected chi connectivity index (χ0v) is 13.8. The van der Waals surface area contributed by atoms with Crippen molar-refractivity contribution in [1.82, 2.24) is 0 Å². The maximum Gasteiger partial charge on any atom is 0.0537 e. The first kappa shape index (κ1) is 21.2. The van der Waals surface area contributed by atoms with Gasteiger partial charge in [0.05, 0.1) is 6.10 Å². The molecule has 0 aromatic carbocycles. The average molecular weight is 274 g/mol. The Kier molecular flexibility index (Phi) is 20.0. The lowest BCUT2D eigenvalue weighted by Gasteiger charge is -2.06. The van der Waals surface area contributed by atoms with E-state index in [-0.39, 0.29) is 6.10 Å². The summed E-state index contributed by atoms with van der Waals surface area (Å²) >= 11 is 0. The Bertz CT molecular complexity index is 148. The number of hydrogen-bond donors (Lipinski definition) is 2. The summed E-state index contributed by atoms with van der Waals surface area (Å²) in [6.07, 6.45) is 11.7. The predicted molar refractivity (Wildman–Crippen MR) is 85.4 cm³/mol. The Hall–Kier alpha value is -0.0800. The highest BCUT2D eigenvalue weighted by molar-refractivity contribution is 4.52. The maximum absolute atomic E-state index is 9.16. The largest absolute Gasteiger partial charge is 0.396 e. The lowest BCUT2D eigenvalue weighted by molar-refractivity contribution is 0.156. The van der Waals surface area contributed by atoms with Crippen LogP contribution in [0.25, 0.3) is 0 Å². The van der Waals surface area contributed by atoms with Crippen molar-refractivity contribution in [3.63, 3.8) is 0 Å². The van der Waals surface area contributed by atoms with E-state index in [2.05, 4.69) is 20.8 Å². The van der Waals surface area contributed by atoms with Crippen LogP contribution < -0.4 is 0 Å². The summed E-state index contributed by atoms with van der Waals surface area (Å²) in [5.41, 5.74) is 0. The monoisotopic (exact) mass is 274 g/mol.